The van der Waals surface area contributed by atoms with Crippen molar-refractivity contribution in [2.45, 2.75) is 13.8 Å². The SMILES string of the molecule is Cc1c(Cl)cccc1/C=C/C(=O)NNc1cccc(Cl)c1C. The van der Waals surface area contributed by atoms with E-state index in [0.717, 1.165) is 22.4 Å². The molecule has 2 aromatic carbocycles. The van der Waals surface area contributed by atoms with Gasteiger partial charge in [0.25, 0.3) is 5.91 Å². The van der Waals surface area contributed by atoms with Crippen molar-refractivity contribution in [1.29, 1.82) is 0 Å². The molecule has 1 amide bonds. The van der Waals surface area contributed by atoms with Gasteiger partial charge in [0, 0.05) is 16.1 Å². The van der Waals surface area contributed by atoms with E-state index in [1.807, 2.05) is 44.2 Å². The largest absolute Gasteiger partial charge is 0.298 e. The quantitative estimate of drug-likeness (QED) is 0.624. The molecule has 0 aliphatic rings. The molecule has 0 unspecified atom stereocenters. The van der Waals surface area contributed by atoms with Crippen LogP contribution in [0.15, 0.2) is 42.5 Å². The molecule has 22 heavy (non-hydrogen) atoms. The third kappa shape index (κ3) is 4.03. The Kier molecular flexibility index (Phi) is 5.47. The molecule has 2 N–H and O–H groups in total. The molecule has 0 heterocycles. The molecule has 0 bridgehead atoms. The van der Waals surface area contributed by atoms with Crippen LogP contribution in [0.5, 0.6) is 0 Å². The molecular formula is C17H16Cl2N2O. The lowest BCUT2D eigenvalue weighted by Crippen LogP contribution is -2.27. The Morgan fingerprint density at radius 2 is 1.64 bits per heavy atom. The van der Waals surface area contributed by atoms with Crippen LogP contribution in [0.25, 0.3) is 6.08 Å². The van der Waals surface area contributed by atoms with Gasteiger partial charge in [0.15, 0.2) is 0 Å². The number of nitrogens with one attached hydrogen (secondary N) is 2. The van der Waals surface area contributed by atoms with Gasteiger partial charge >= 0.3 is 0 Å². The fourth-order valence-corrected chi connectivity index (χ4v) is 2.24. The van der Waals surface area contributed by atoms with Gasteiger partial charge in [-0.1, -0.05) is 41.4 Å². The van der Waals surface area contributed by atoms with Crippen LogP contribution in [0.3, 0.4) is 0 Å². The van der Waals surface area contributed by atoms with Crippen molar-refractivity contribution in [2.75, 3.05) is 5.43 Å². The van der Waals surface area contributed by atoms with Gasteiger partial charge in [-0.2, -0.15) is 0 Å². The lowest BCUT2D eigenvalue weighted by atomic mass is 10.1. The van der Waals surface area contributed by atoms with Crippen LogP contribution in [0.1, 0.15) is 16.7 Å². The monoisotopic (exact) mass is 334 g/mol. The standard InChI is InChI=1S/C17H16Cl2N2O/c1-11-13(5-3-6-14(11)18)9-10-17(22)21-20-16-8-4-7-15(19)12(16)2/h3-10,20H,1-2H3,(H,21,22)/b10-9+. The van der Waals surface area contributed by atoms with E-state index in [4.69, 9.17) is 23.2 Å². The Hall–Kier alpha value is -1.97. The molecule has 0 radical (unpaired) electrons. The lowest BCUT2D eigenvalue weighted by molar-refractivity contribution is -0.115. The van der Waals surface area contributed by atoms with Crippen LogP contribution in [0, 0.1) is 13.8 Å². The number of halogens is 2. The summed E-state index contributed by atoms with van der Waals surface area (Å²) in [6.07, 6.45) is 3.18. The molecule has 5 heteroatoms. The highest BCUT2D eigenvalue weighted by Gasteiger charge is 2.03. The fraction of sp³-hybridized carbons (Fsp3) is 0.118. The number of carbonyl (C=O) groups excluding carboxylic acids is 1. The highest BCUT2D eigenvalue weighted by Crippen LogP contribution is 2.22. The van der Waals surface area contributed by atoms with E-state index in [2.05, 4.69) is 10.9 Å². The maximum Gasteiger partial charge on any atom is 0.262 e. The van der Waals surface area contributed by atoms with Crippen molar-refractivity contribution in [3.63, 3.8) is 0 Å². The lowest BCUT2D eigenvalue weighted by Gasteiger charge is -2.10. The number of amides is 1. The predicted molar refractivity (Wildman–Crippen MR) is 93.2 cm³/mol. The van der Waals surface area contributed by atoms with Crippen LogP contribution in [-0.2, 0) is 4.79 Å². The van der Waals surface area contributed by atoms with Gasteiger partial charge < -0.3 is 0 Å². The van der Waals surface area contributed by atoms with Gasteiger partial charge in [0.1, 0.15) is 0 Å². The smallest absolute Gasteiger partial charge is 0.262 e. The summed E-state index contributed by atoms with van der Waals surface area (Å²) in [7, 11) is 0. The summed E-state index contributed by atoms with van der Waals surface area (Å²) in [5.41, 5.74) is 8.93. The molecule has 0 saturated carbocycles. The molecule has 0 fully saturated rings. The van der Waals surface area contributed by atoms with Crippen LogP contribution in [-0.4, -0.2) is 5.91 Å². The van der Waals surface area contributed by atoms with E-state index in [-0.39, 0.29) is 5.91 Å². The third-order valence-corrected chi connectivity index (χ3v) is 4.13. The number of anilines is 1. The number of benzene rings is 2. The Labute approximate surface area is 139 Å². The maximum atomic E-state index is 11.9. The molecule has 0 atom stereocenters. The van der Waals surface area contributed by atoms with Crippen molar-refractivity contribution in [3.8, 4) is 0 Å². The summed E-state index contributed by atoms with van der Waals surface area (Å²) in [5.74, 6) is -0.265. The molecule has 2 rings (SSSR count). The van der Waals surface area contributed by atoms with Gasteiger partial charge in [-0.25, -0.2) is 0 Å². The molecule has 0 aliphatic carbocycles. The second-order valence-electron chi connectivity index (χ2n) is 4.81. The average molecular weight is 335 g/mol. The van der Waals surface area contributed by atoms with Crippen LogP contribution in [0.4, 0.5) is 5.69 Å². The summed E-state index contributed by atoms with van der Waals surface area (Å²) in [6.45, 7) is 3.79. The molecule has 0 aromatic heterocycles. The first kappa shape index (κ1) is 16.4. The Morgan fingerprint density at radius 1 is 1.00 bits per heavy atom. The van der Waals surface area contributed by atoms with E-state index in [1.54, 1.807) is 12.1 Å². The summed E-state index contributed by atoms with van der Waals surface area (Å²) >= 11 is 12.1. The summed E-state index contributed by atoms with van der Waals surface area (Å²) < 4.78 is 0. The molecular weight excluding hydrogens is 319 g/mol. The summed E-state index contributed by atoms with van der Waals surface area (Å²) in [6, 6.07) is 11.0. The summed E-state index contributed by atoms with van der Waals surface area (Å²) in [4.78, 5) is 11.9. The summed E-state index contributed by atoms with van der Waals surface area (Å²) in [5, 5.41) is 1.32. The van der Waals surface area contributed by atoms with Crippen molar-refractivity contribution >= 4 is 40.9 Å². The Balaban J connectivity index is 2.00. The topological polar surface area (TPSA) is 41.1 Å². The fourth-order valence-electron chi connectivity index (χ4n) is 1.88. The van der Waals surface area contributed by atoms with E-state index >= 15 is 0 Å². The van der Waals surface area contributed by atoms with Gasteiger partial charge in [-0.15, -0.1) is 0 Å². The minimum absolute atomic E-state index is 0.265. The maximum absolute atomic E-state index is 11.9. The third-order valence-electron chi connectivity index (χ3n) is 3.31. The second kappa shape index (κ2) is 7.34. The highest BCUT2D eigenvalue weighted by molar-refractivity contribution is 6.32. The number of carbonyl (C=O) groups is 1. The van der Waals surface area contributed by atoms with Gasteiger partial charge in [-0.05, 0) is 54.8 Å². The molecule has 0 spiro atoms. The average Bonchev–Trinajstić information content (AvgIpc) is 2.50. The zero-order valence-corrected chi connectivity index (χ0v) is 13.8. The number of rotatable bonds is 4. The van der Waals surface area contributed by atoms with E-state index in [0.29, 0.717) is 10.0 Å². The number of hydrogen-bond donors (Lipinski definition) is 2. The Morgan fingerprint density at radius 3 is 2.36 bits per heavy atom. The van der Waals surface area contributed by atoms with Crippen LogP contribution < -0.4 is 10.9 Å². The van der Waals surface area contributed by atoms with Crippen molar-refractivity contribution < 1.29 is 4.79 Å². The minimum atomic E-state index is -0.265. The first-order valence-corrected chi connectivity index (χ1v) is 7.49. The second-order valence-corrected chi connectivity index (χ2v) is 5.63. The van der Waals surface area contributed by atoms with Crippen molar-refractivity contribution in [1.82, 2.24) is 5.43 Å². The van der Waals surface area contributed by atoms with Gasteiger partial charge in [0.05, 0.1) is 5.69 Å². The molecule has 0 saturated heterocycles. The predicted octanol–water partition coefficient (Wildman–Crippen LogP) is 4.77. The number of hydrazine groups is 1. The first-order valence-electron chi connectivity index (χ1n) is 6.73. The molecule has 3 nitrogen and oxygen atoms in total. The van der Waals surface area contributed by atoms with Gasteiger partial charge in [0.2, 0.25) is 0 Å². The zero-order chi connectivity index (χ0) is 16.1. The van der Waals surface area contributed by atoms with E-state index < -0.39 is 0 Å². The minimum Gasteiger partial charge on any atom is -0.298 e. The van der Waals surface area contributed by atoms with Crippen molar-refractivity contribution in [3.05, 3.63) is 69.2 Å². The zero-order valence-electron chi connectivity index (χ0n) is 12.3. The van der Waals surface area contributed by atoms with Crippen molar-refractivity contribution in [2.24, 2.45) is 0 Å². The van der Waals surface area contributed by atoms with Crippen LogP contribution in [0.2, 0.25) is 10.0 Å². The molecule has 0 aliphatic heterocycles. The van der Waals surface area contributed by atoms with Gasteiger partial charge in [-0.3, -0.25) is 15.6 Å². The number of hydrogen-bond acceptors (Lipinski definition) is 2. The Bertz CT molecular complexity index is 727. The highest BCUT2D eigenvalue weighted by atomic mass is 35.5. The molecule has 114 valence electrons. The first-order chi connectivity index (χ1) is 10.5. The van der Waals surface area contributed by atoms with E-state index in [9.17, 15) is 4.79 Å². The van der Waals surface area contributed by atoms with Crippen LogP contribution >= 0.6 is 23.2 Å². The normalized spacial score (nSPS) is 10.7. The molecule has 2 aromatic rings. The van der Waals surface area contributed by atoms with E-state index in [1.165, 1.54) is 6.08 Å².